The molecule has 1 aliphatic heterocycles. The summed E-state index contributed by atoms with van der Waals surface area (Å²) in [6.07, 6.45) is -2.18. The predicted octanol–water partition coefficient (Wildman–Crippen LogP) is 4.82. The van der Waals surface area contributed by atoms with Gasteiger partial charge in [-0.05, 0) is 29.2 Å². The molecule has 24 heavy (non-hydrogen) atoms. The van der Waals surface area contributed by atoms with Gasteiger partial charge in [0.05, 0.1) is 0 Å². The molecule has 0 aromatic heterocycles. The van der Waals surface area contributed by atoms with Crippen molar-refractivity contribution in [2.75, 3.05) is 0 Å². The minimum absolute atomic E-state index is 0.219. The van der Waals surface area contributed by atoms with Gasteiger partial charge in [0.2, 0.25) is 0 Å². The highest BCUT2D eigenvalue weighted by atomic mass is 16.8. The Morgan fingerprint density at radius 1 is 0.708 bits per heavy atom. The lowest BCUT2D eigenvalue weighted by molar-refractivity contribution is 0.0998. The van der Waals surface area contributed by atoms with Gasteiger partial charge in [-0.2, -0.15) is 0 Å². The topological polar surface area (TPSA) is 61.8 Å². The van der Waals surface area contributed by atoms with Crippen LogP contribution in [-0.2, 0) is 4.74 Å². The zero-order valence-corrected chi connectivity index (χ0v) is 12.6. The maximum absolute atomic E-state index is 11.7. The molecule has 0 bridgehead atoms. The largest absolute Gasteiger partial charge is 0.524 e. The predicted molar refractivity (Wildman–Crippen MR) is 86.2 cm³/mol. The Hall–Kier alpha value is -3.34. The van der Waals surface area contributed by atoms with Gasteiger partial charge in [-0.3, -0.25) is 0 Å². The smallest absolute Gasteiger partial charge is 0.390 e. The highest BCUT2D eigenvalue weighted by Gasteiger charge is 2.33. The van der Waals surface area contributed by atoms with Crippen molar-refractivity contribution in [2.45, 2.75) is 6.92 Å². The molecule has 2 aliphatic rings. The number of hydrogen-bond acceptors (Lipinski definition) is 5. The van der Waals surface area contributed by atoms with Crippen LogP contribution in [0.2, 0.25) is 0 Å². The van der Waals surface area contributed by atoms with Crippen LogP contribution in [0.3, 0.4) is 0 Å². The summed E-state index contributed by atoms with van der Waals surface area (Å²) in [6, 6.07) is 13.8. The maximum Gasteiger partial charge on any atom is 0.524 e. The van der Waals surface area contributed by atoms with E-state index in [1.165, 1.54) is 0 Å². The second-order valence-electron chi connectivity index (χ2n) is 5.74. The Kier molecular flexibility index (Phi) is 2.38. The summed E-state index contributed by atoms with van der Waals surface area (Å²) in [4.78, 5) is 23.3. The molecule has 0 N–H and O–H groups in total. The zero-order valence-electron chi connectivity index (χ0n) is 12.6. The van der Waals surface area contributed by atoms with E-state index in [1.807, 2.05) is 43.3 Å². The Morgan fingerprint density at radius 2 is 1.38 bits per heavy atom. The van der Waals surface area contributed by atoms with Crippen LogP contribution in [0.5, 0.6) is 11.5 Å². The highest BCUT2D eigenvalue weighted by Crippen LogP contribution is 2.54. The average molecular weight is 318 g/mol. The third-order valence-corrected chi connectivity index (χ3v) is 4.50. The first-order chi connectivity index (χ1) is 11.6. The second kappa shape index (κ2) is 4.35. The normalized spacial score (nSPS) is 14.4. The average Bonchev–Trinajstić information content (AvgIpc) is 2.82. The second-order valence-corrected chi connectivity index (χ2v) is 5.74. The Labute approximate surface area is 136 Å². The van der Waals surface area contributed by atoms with E-state index >= 15 is 0 Å². The quantitative estimate of drug-likeness (QED) is 0.264. The SMILES string of the molecule is Cc1c2c(c3cccc4c3c1-c1ccccc1-4)OC(=O)OC(=O)O2. The van der Waals surface area contributed by atoms with Crippen molar-refractivity contribution in [1.82, 2.24) is 0 Å². The van der Waals surface area contributed by atoms with Crippen LogP contribution in [0.15, 0.2) is 42.5 Å². The molecule has 0 saturated heterocycles. The lowest BCUT2D eigenvalue weighted by Crippen LogP contribution is -2.14. The van der Waals surface area contributed by atoms with E-state index < -0.39 is 12.3 Å². The molecule has 116 valence electrons. The fourth-order valence-corrected chi connectivity index (χ4v) is 3.60. The van der Waals surface area contributed by atoms with Gasteiger partial charge in [0.15, 0.2) is 11.5 Å². The van der Waals surface area contributed by atoms with Crippen molar-refractivity contribution < 1.29 is 23.8 Å². The standard InChI is InChI=1S/C19H10O5/c1-9-14-11-6-3-2-5-10(11)12-7-4-8-13(15(12)14)17-16(9)22-18(20)24-19(21)23-17/h2-8H,1H3. The molecule has 1 aliphatic carbocycles. The van der Waals surface area contributed by atoms with Gasteiger partial charge >= 0.3 is 12.3 Å². The van der Waals surface area contributed by atoms with Gasteiger partial charge < -0.3 is 14.2 Å². The summed E-state index contributed by atoms with van der Waals surface area (Å²) in [5.74, 6) is 0.443. The molecule has 5 heteroatoms. The molecular weight excluding hydrogens is 308 g/mol. The molecule has 5 rings (SSSR count). The first kappa shape index (κ1) is 13.1. The van der Waals surface area contributed by atoms with Crippen LogP contribution in [0, 0.1) is 6.92 Å². The number of ether oxygens (including phenoxy) is 3. The van der Waals surface area contributed by atoms with Crippen LogP contribution in [0.4, 0.5) is 9.59 Å². The first-order valence-corrected chi connectivity index (χ1v) is 7.45. The monoisotopic (exact) mass is 318 g/mol. The van der Waals surface area contributed by atoms with Crippen LogP contribution in [-0.4, -0.2) is 12.3 Å². The molecular formula is C19H10O5. The van der Waals surface area contributed by atoms with E-state index in [0.29, 0.717) is 5.39 Å². The third-order valence-electron chi connectivity index (χ3n) is 4.50. The fourth-order valence-electron chi connectivity index (χ4n) is 3.60. The van der Waals surface area contributed by atoms with Gasteiger partial charge in [-0.1, -0.05) is 42.5 Å². The van der Waals surface area contributed by atoms with E-state index in [9.17, 15) is 9.59 Å². The van der Waals surface area contributed by atoms with E-state index in [2.05, 4.69) is 10.8 Å². The molecule has 0 atom stereocenters. The summed E-state index contributed by atoms with van der Waals surface area (Å²) < 4.78 is 14.9. The molecule has 0 radical (unpaired) electrons. The number of cyclic esters (lactones) is 2. The lowest BCUT2D eigenvalue weighted by Gasteiger charge is -2.14. The number of hydrogen-bond donors (Lipinski definition) is 0. The zero-order chi connectivity index (χ0) is 16.4. The van der Waals surface area contributed by atoms with Crippen LogP contribution in [0.25, 0.3) is 33.0 Å². The minimum Gasteiger partial charge on any atom is -0.390 e. The minimum atomic E-state index is -1.09. The van der Waals surface area contributed by atoms with Crippen molar-refractivity contribution in [3.05, 3.63) is 48.0 Å². The molecule has 0 fully saturated rings. The molecule has 1 heterocycles. The van der Waals surface area contributed by atoms with E-state index in [0.717, 1.165) is 33.2 Å². The number of carbonyl (C=O) groups excluding carboxylic acids is 2. The van der Waals surface area contributed by atoms with Gasteiger partial charge in [-0.25, -0.2) is 9.59 Å². The number of carbonyl (C=O) groups is 2. The van der Waals surface area contributed by atoms with Crippen LogP contribution >= 0.6 is 0 Å². The fraction of sp³-hybridized carbons (Fsp3) is 0.0526. The van der Waals surface area contributed by atoms with Crippen molar-refractivity contribution >= 4 is 23.1 Å². The van der Waals surface area contributed by atoms with Crippen LogP contribution < -0.4 is 9.47 Å². The summed E-state index contributed by atoms with van der Waals surface area (Å²) in [5, 5.41) is 1.70. The van der Waals surface area contributed by atoms with Crippen molar-refractivity contribution in [2.24, 2.45) is 0 Å². The van der Waals surface area contributed by atoms with Gasteiger partial charge in [0.1, 0.15) is 0 Å². The molecule has 3 aromatic rings. The summed E-state index contributed by atoms with van der Waals surface area (Å²) in [6.45, 7) is 1.85. The summed E-state index contributed by atoms with van der Waals surface area (Å²) in [5.41, 5.74) is 4.96. The van der Waals surface area contributed by atoms with E-state index in [1.54, 1.807) is 0 Å². The first-order valence-electron chi connectivity index (χ1n) is 7.45. The van der Waals surface area contributed by atoms with E-state index in [-0.39, 0.29) is 11.5 Å². The summed E-state index contributed by atoms with van der Waals surface area (Å²) >= 11 is 0. The highest BCUT2D eigenvalue weighted by molar-refractivity contribution is 6.19. The third kappa shape index (κ3) is 1.53. The Balaban J connectivity index is 1.98. The summed E-state index contributed by atoms with van der Waals surface area (Å²) in [7, 11) is 0. The molecule has 0 spiro atoms. The van der Waals surface area contributed by atoms with Crippen LogP contribution in [0.1, 0.15) is 5.56 Å². The Bertz CT molecular complexity index is 1080. The van der Waals surface area contributed by atoms with Gasteiger partial charge in [0.25, 0.3) is 0 Å². The van der Waals surface area contributed by atoms with E-state index in [4.69, 9.17) is 9.47 Å². The number of rotatable bonds is 0. The molecule has 5 nitrogen and oxygen atoms in total. The van der Waals surface area contributed by atoms with Crippen molar-refractivity contribution in [3.63, 3.8) is 0 Å². The molecule has 0 saturated carbocycles. The lowest BCUT2D eigenvalue weighted by atomic mass is 9.96. The number of benzene rings is 3. The number of fused-ring (bicyclic) bond motifs is 5. The Morgan fingerprint density at radius 3 is 2.17 bits per heavy atom. The van der Waals surface area contributed by atoms with Gasteiger partial charge in [0, 0.05) is 16.3 Å². The maximum atomic E-state index is 11.7. The van der Waals surface area contributed by atoms with Crippen molar-refractivity contribution in [3.8, 4) is 33.8 Å². The van der Waals surface area contributed by atoms with Crippen molar-refractivity contribution in [1.29, 1.82) is 0 Å². The van der Waals surface area contributed by atoms with Gasteiger partial charge in [-0.15, -0.1) is 0 Å². The molecule has 3 aromatic carbocycles. The molecule has 0 unspecified atom stereocenters. The molecule has 0 amide bonds.